The molecule has 2 atom stereocenters. The molecule has 0 saturated carbocycles. The molecule has 0 aliphatic rings. The number of aliphatic hydroxyl groups excluding tert-OH is 1. The van der Waals surface area contributed by atoms with Gasteiger partial charge in [0.05, 0.1) is 12.7 Å². The molecular weight excluding hydrogens is 200 g/mol. The van der Waals surface area contributed by atoms with Gasteiger partial charge in [-0.15, -0.1) is 0 Å². The number of aliphatic hydroxyl groups is 1. The zero-order valence-corrected chi connectivity index (χ0v) is 10.4. The van der Waals surface area contributed by atoms with Gasteiger partial charge in [-0.1, -0.05) is 44.5 Å². The summed E-state index contributed by atoms with van der Waals surface area (Å²) in [6.07, 6.45) is 1.58. The lowest BCUT2D eigenvalue weighted by Crippen LogP contribution is -2.04. The minimum Gasteiger partial charge on any atom is -0.388 e. The van der Waals surface area contributed by atoms with Crippen LogP contribution in [0.1, 0.15) is 43.9 Å². The quantitative estimate of drug-likeness (QED) is 0.800. The number of rotatable bonds is 6. The summed E-state index contributed by atoms with van der Waals surface area (Å²) in [6, 6.07) is 8.00. The van der Waals surface area contributed by atoms with Crippen molar-refractivity contribution >= 4 is 0 Å². The summed E-state index contributed by atoms with van der Waals surface area (Å²) in [7, 11) is 1.68. The number of hydrogen-bond acceptors (Lipinski definition) is 2. The van der Waals surface area contributed by atoms with E-state index in [4.69, 9.17) is 4.74 Å². The van der Waals surface area contributed by atoms with Crippen LogP contribution < -0.4 is 0 Å². The Morgan fingerprint density at radius 2 is 2.12 bits per heavy atom. The van der Waals surface area contributed by atoms with E-state index < -0.39 is 0 Å². The van der Waals surface area contributed by atoms with Crippen molar-refractivity contribution in [1.29, 1.82) is 0 Å². The summed E-state index contributed by atoms with van der Waals surface area (Å²) < 4.78 is 5.08. The SMILES string of the molecule is CCC(C)CC(O)c1cccc(COC)c1. The van der Waals surface area contributed by atoms with Gasteiger partial charge in [0, 0.05) is 7.11 Å². The van der Waals surface area contributed by atoms with Crippen LogP contribution in [0.25, 0.3) is 0 Å². The van der Waals surface area contributed by atoms with Crippen LogP contribution in [0.15, 0.2) is 24.3 Å². The molecule has 2 heteroatoms. The molecule has 90 valence electrons. The number of benzene rings is 1. The number of methoxy groups -OCH3 is 1. The van der Waals surface area contributed by atoms with E-state index >= 15 is 0 Å². The monoisotopic (exact) mass is 222 g/mol. The molecule has 0 fully saturated rings. The second kappa shape index (κ2) is 6.66. The second-order valence-electron chi connectivity index (χ2n) is 4.44. The van der Waals surface area contributed by atoms with Crippen LogP contribution in [-0.4, -0.2) is 12.2 Å². The highest BCUT2D eigenvalue weighted by Crippen LogP contribution is 2.23. The maximum absolute atomic E-state index is 10.1. The molecule has 0 aromatic heterocycles. The molecule has 1 rings (SSSR count). The predicted molar refractivity (Wildman–Crippen MR) is 66.2 cm³/mol. The molecule has 2 unspecified atom stereocenters. The molecule has 0 heterocycles. The number of hydrogen-bond donors (Lipinski definition) is 1. The first-order valence-electron chi connectivity index (χ1n) is 5.93. The van der Waals surface area contributed by atoms with Gasteiger partial charge in [0.15, 0.2) is 0 Å². The van der Waals surface area contributed by atoms with Gasteiger partial charge in [-0.25, -0.2) is 0 Å². The van der Waals surface area contributed by atoms with Gasteiger partial charge < -0.3 is 9.84 Å². The van der Waals surface area contributed by atoms with Crippen LogP contribution in [0.2, 0.25) is 0 Å². The fraction of sp³-hybridized carbons (Fsp3) is 0.571. The van der Waals surface area contributed by atoms with Crippen LogP contribution in [0.4, 0.5) is 0 Å². The molecule has 1 N–H and O–H groups in total. The van der Waals surface area contributed by atoms with E-state index in [-0.39, 0.29) is 6.10 Å². The summed E-state index contributed by atoms with van der Waals surface area (Å²) in [5.41, 5.74) is 2.11. The molecule has 2 nitrogen and oxygen atoms in total. The van der Waals surface area contributed by atoms with Crippen LogP contribution in [0.3, 0.4) is 0 Å². The lowest BCUT2D eigenvalue weighted by Gasteiger charge is -2.16. The third kappa shape index (κ3) is 3.95. The van der Waals surface area contributed by atoms with Gasteiger partial charge in [-0.05, 0) is 23.5 Å². The summed E-state index contributed by atoms with van der Waals surface area (Å²) in [4.78, 5) is 0. The molecule has 0 spiro atoms. The van der Waals surface area contributed by atoms with Crippen LogP contribution in [0.5, 0.6) is 0 Å². The molecule has 16 heavy (non-hydrogen) atoms. The smallest absolute Gasteiger partial charge is 0.0792 e. The zero-order chi connectivity index (χ0) is 12.0. The van der Waals surface area contributed by atoms with Crippen molar-refractivity contribution < 1.29 is 9.84 Å². The van der Waals surface area contributed by atoms with Gasteiger partial charge in [0.25, 0.3) is 0 Å². The fourth-order valence-electron chi connectivity index (χ4n) is 1.74. The standard InChI is InChI=1S/C14H22O2/c1-4-11(2)8-14(15)13-7-5-6-12(9-13)10-16-3/h5-7,9,11,14-15H,4,8,10H2,1-3H3. The Hall–Kier alpha value is -0.860. The Balaban J connectivity index is 2.67. The van der Waals surface area contributed by atoms with Gasteiger partial charge in [0.2, 0.25) is 0 Å². The van der Waals surface area contributed by atoms with Gasteiger partial charge in [-0.3, -0.25) is 0 Å². The molecule has 0 saturated heterocycles. The summed E-state index contributed by atoms with van der Waals surface area (Å²) in [5.74, 6) is 0.557. The van der Waals surface area contributed by atoms with E-state index in [2.05, 4.69) is 13.8 Å². The average Bonchev–Trinajstić information content (AvgIpc) is 2.29. The number of ether oxygens (including phenoxy) is 1. The Morgan fingerprint density at radius 1 is 1.38 bits per heavy atom. The van der Waals surface area contributed by atoms with Crippen molar-refractivity contribution in [2.24, 2.45) is 5.92 Å². The van der Waals surface area contributed by atoms with Crippen LogP contribution in [-0.2, 0) is 11.3 Å². The maximum Gasteiger partial charge on any atom is 0.0792 e. The van der Waals surface area contributed by atoms with Gasteiger partial charge in [0.1, 0.15) is 0 Å². The van der Waals surface area contributed by atoms with Gasteiger partial charge >= 0.3 is 0 Å². The first-order chi connectivity index (χ1) is 7.67. The molecular formula is C14H22O2. The first-order valence-corrected chi connectivity index (χ1v) is 5.93. The Labute approximate surface area is 98.3 Å². The minimum atomic E-state index is -0.355. The Morgan fingerprint density at radius 3 is 2.75 bits per heavy atom. The highest BCUT2D eigenvalue weighted by molar-refractivity contribution is 5.24. The van der Waals surface area contributed by atoms with Crippen molar-refractivity contribution in [3.63, 3.8) is 0 Å². The zero-order valence-electron chi connectivity index (χ0n) is 10.4. The Bertz CT molecular complexity index is 309. The van der Waals surface area contributed by atoms with E-state index in [0.29, 0.717) is 12.5 Å². The van der Waals surface area contributed by atoms with E-state index in [1.54, 1.807) is 7.11 Å². The van der Waals surface area contributed by atoms with E-state index in [0.717, 1.165) is 24.0 Å². The molecule has 0 aliphatic heterocycles. The van der Waals surface area contributed by atoms with E-state index in [1.807, 2.05) is 24.3 Å². The van der Waals surface area contributed by atoms with Crippen molar-refractivity contribution in [3.05, 3.63) is 35.4 Å². The molecule has 1 aromatic rings. The van der Waals surface area contributed by atoms with Crippen LogP contribution in [0, 0.1) is 5.92 Å². The largest absolute Gasteiger partial charge is 0.388 e. The lowest BCUT2D eigenvalue weighted by molar-refractivity contribution is 0.145. The third-order valence-electron chi connectivity index (χ3n) is 2.97. The van der Waals surface area contributed by atoms with Crippen molar-refractivity contribution in [2.75, 3.05) is 7.11 Å². The van der Waals surface area contributed by atoms with Crippen molar-refractivity contribution in [2.45, 2.75) is 39.4 Å². The fourth-order valence-corrected chi connectivity index (χ4v) is 1.74. The summed E-state index contributed by atoms with van der Waals surface area (Å²) >= 11 is 0. The average molecular weight is 222 g/mol. The Kier molecular flexibility index (Phi) is 5.50. The van der Waals surface area contributed by atoms with E-state index in [1.165, 1.54) is 0 Å². The lowest BCUT2D eigenvalue weighted by atomic mass is 9.95. The molecule has 1 aromatic carbocycles. The highest BCUT2D eigenvalue weighted by Gasteiger charge is 2.11. The van der Waals surface area contributed by atoms with Crippen molar-refractivity contribution in [3.8, 4) is 0 Å². The topological polar surface area (TPSA) is 29.5 Å². The van der Waals surface area contributed by atoms with Gasteiger partial charge in [-0.2, -0.15) is 0 Å². The molecule has 0 radical (unpaired) electrons. The normalized spacial score (nSPS) is 14.8. The minimum absolute atomic E-state index is 0.355. The first kappa shape index (κ1) is 13.2. The third-order valence-corrected chi connectivity index (χ3v) is 2.97. The molecule has 0 aliphatic carbocycles. The van der Waals surface area contributed by atoms with Crippen LogP contribution >= 0.6 is 0 Å². The summed E-state index contributed by atoms with van der Waals surface area (Å²) in [5, 5.41) is 10.1. The second-order valence-corrected chi connectivity index (χ2v) is 4.44. The molecule has 0 bridgehead atoms. The summed E-state index contributed by atoms with van der Waals surface area (Å²) in [6.45, 7) is 4.92. The molecule has 0 amide bonds. The van der Waals surface area contributed by atoms with E-state index in [9.17, 15) is 5.11 Å². The predicted octanol–water partition coefficient (Wildman–Crippen LogP) is 3.30. The maximum atomic E-state index is 10.1. The van der Waals surface area contributed by atoms with Crippen molar-refractivity contribution in [1.82, 2.24) is 0 Å². The highest BCUT2D eigenvalue weighted by atomic mass is 16.5.